The van der Waals surface area contributed by atoms with E-state index in [1.807, 2.05) is 32.2 Å². The van der Waals surface area contributed by atoms with Gasteiger partial charge in [0, 0.05) is 25.9 Å². The van der Waals surface area contributed by atoms with Crippen LogP contribution in [0.5, 0.6) is 0 Å². The highest BCUT2D eigenvalue weighted by Crippen LogP contribution is 2.29. The fourth-order valence-electron chi connectivity index (χ4n) is 2.93. The summed E-state index contributed by atoms with van der Waals surface area (Å²) in [6, 6.07) is 10.1. The molecule has 2 aromatic rings. The fraction of sp³-hybridized carbons (Fsp3) is 0.375. The molecule has 0 aliphatic carbocycles. The Bertz CT molecular complexity index is 1000. The van der Waals surface area contributed by atoms with Crippen molar-refractivity contribution in [3.05, 3.63) is 52.8 Å². The molecule has 0 unspecified atom stereocenters. The molecule has 1 heterocycles. The van der Waals surface area contributed by atoms with Gasteiger partial charge < -0.3 is 14.2 Å². The normalized spacial score (nSPS) is 12.3. The first-order chi connectivity index (χ1) is 14.7. The molecule has 0 saturated carbocycles. The second-order valence-electron chi connectivity index (χ2n) is 7.90. The molecule has 0 aliphatic heterocycles. The molecular formula is C24H29N3O4. The number of aromatic nitrogens is 2. The molecule has 0 atom stereocenters. The number of benzene rings is 1. The molecule has 164 valence electrons. The zero-order chi connectivity index (χ0) is 23.0. The van der Waals surface area contributed by atoms with Gasteiger partial charge in [0.2, 0.25) is 6.79 Å². The van der Waals surface area contributed by atoms with Crippen LogP contribution in [-0.4, -0.2) is 42.6 Å². The Balaban J connectivity index is 2.47. The summed E-state index contributed by atoms with van der Waals surface area (Å²) in [6.45, 7) is 7.85. The molecule has 2 rings (SSSR count). The number of hydrogen-bond donors (Lipinski definition) is 0. The predicted octanol–water partition coefficient (Wildman–Crippen LogP) is 4.36. The van der Waals surface area contributed by atoms with Gasteiger partial charge in [-0.3, -0.25) is 9.67 Å². The third-order valence-electron chi connectivity index (χ3n) is 4.45. The maximum absolute atomic E-state index is 11.6. The Kier molecular flexibility index (Phi) is 8.03. The van der Waals surface area contributed by atoms with E-state index in [1.165, 1.54) is 5.56 Å². The lowest BCUT2D eigenvalue weighted by Crippen LogP contribution is -2.12. The number of aryl methyl sites for hydroxylation is 2. The van der Waals surface area contributed by atoms with Gasteiger partial charge in [-0.1, -0.05) is 51.0 Å². The van der Waals surface area contributed by atoms with Crippen molar-refractivity contribution in [2.24, 2.45) is 12.0 Å². The summed E-state index contributed by atoms with van der Waals surface area (Å²) in [5, 5.41) is 4.40. The third-order valence-corrected chi connectivity index (χ3v) is 4.45. The van der Waals surface area contributed by atoms with Crippen molar-refractivity contribution in [3.8, 4) is 12.3 Å². The first-order valence-corrected chi connectivity index (χ1v) is 9.81. The number of terminal acetylenes is 1. The van der Waals surface area contributed by atoms with Crippen molar-refractivity contribution in [2.45, 2.75) is 33.1 Å². The predicted molar refractivity (Wildman–Crippen MR) is 122 cm³/mol. The maximum atomic E-state index is 11.6. The molecule has 0 radical (unpaired) electrons. The summed E-state index contributed by atoms with van der Waals surface area (Å²) >= 11 is 0. The molecule has 7 nitrogen and oxygen atoms in total. The van der Waals surface area contributed by atoms with Gasteiger partial charge in [-0.15, -0.1) is 6.42 Å². The van der Waals surface area contributed by atoms with Crippen LogP contribution < -0.4 is 0 Å². The van der Waals surface area contributed by atoms with Crippen molar-refractivity contribution in [2.75, 3.05) is 20.4 Å². The lowest BCUT2D eigenvalue weighted by molar-refractivity contribution is -0.000795. The summed E-state index contributed by atoms with van der Waals surface area (Å²) in [5.74, 6) is 2.68. The van der Waals surface area contributed by atoms with Gasteiger partial charge >= 0.3 is 6.16 Å². The van der Waals surface area contributed by atoms with Crippen LogP contribution in [0.15, 0.2) is 35.3 Å². The summed E-state index contributed by atoms with van der Waals surface area (Å²) in [6.07, 6.45) is 5.88. The minimum atomic E-state index is -0.904. The second-order valence-corrected chi connectivity index (χ2v) is 7.90. The molecule has 1 aromatic heterocycles. The van der Waals surface area contributed by atoms with Gasteiger partial charge in [0.1, 0.15) is 5.69 Å². The molecule has 0 bridgehead atoms. The number of hydrogen-bond acceptors (Lipinski definition) is 6. The van der Waals surface area contributed by atoms with E-state index in [-0.39, 0.29) is 18.8 Å². The highest BCUT2D eigenvalue weighted by Gasteiger charge is 2.19. The molecular weight excluding hydrogens is 394 g/mol. The van der Waals surface area contributed by atoms with Gasteiger partial charge in [-0.25, -0.2) is 4.79 Å². The van der Waals surface area contributed by atoms with Crippen LogP contribution in [0.25, 0.3) is 11.3 Å². The molecule has 0 fully saturated rings. The molecule has 0 amide bonds. The van der Waals surface area contributed by atoms with E-state index < -0.39 is 6.16 Å². The average Bonchev–Trinajstić information content (AvgIpc) is 3.05. The van der Waals surface area contributed by atoms with E-state index >= 15 is 0 Å². The second kappa shape index (κ2) is 10.5. The lowest BCUT2D eigenvalue weighted by Gasteiger charge is -2.20. The van der Waals surface area contributed by atoms with E-state index in [9.17, 15) is 4.79 Å². The van der Waals surface area contributed by atoms with Crippen molar-refractivity contribution in [3.63, 3.8) is 0 Å². The Labute approximate surface area is 183 Å². The Hall–Kier alpha value is -3.53. The molecule has 0 aliphatic rings. The summed E-state index contributed by atoms with van der Waals surface area (Å²) < 4.78 is 17.3. The number of allylic oxidation sites excluding steroid dienone is 1. The van der Waals surface area contributed by atoms with E-state index in [0.29, 0.717) is 11.5 Å². The van der Waals surface area contributed by atoms with Crippen molar-refractivity contribution in [1.29, 1.82) is 0 Å². The number of nitrogens with zero attached hydrogens (tertiary/aromatic N) is 3. The van der Waals surface area contributed by atoms with Crippen LogP contribution in [0.1, 0.15) is 43.3 Å². The smallest absolute Gasteiger partial charge is 0.454 e. The highest BCUT2D eigenvalue weighted by atomic mass is 16.8. The number of carbonyl (C=O) groups excluding carboxylic acids is 1. The zero-order valence-electron chi connectivity index (χ0n) is 18.9. The van der Waals surface area contributed by atoms with E-state index in [0.717, 1.165) is 16.8 Å². The number of ether oxygens (including phenoxy) is 3. The molecule has 0 saturated heterocycles. The van der Waals surface area contributed by atoms with E-state index in [4.69, 9.17) is 20.6 Å². The average molecular weight is 424 g/mol. The largest absolute Gasteiger partial charge is 0.512 e. The minimum Gasteiger partial charge on any atom is -0.454 e. The first-order valence-electron chi connectivity index (χ1n) is 9.81. The summed E-state index contributed by atoms with van der Waals surface area (Å²) in [7, 11) is 3.50. The van der Waals surface area contributed by atoms with E-state index in [1.54, 1.807) is 17.9 Å². The molecule has 7 heteroatoms. The van der Waals surface area contributed by atoms with Gasteiger partial charge in [0.05, 0.1) is 5.69 Å². The molecule has 0 N–H and O–H groups in total. The summed E-state index contributed by atoms with van der Waals surface area (Å²) in [4.78, 5) is 15.8. The van der Waals surface area contributed by atoms with Crippen LogP contribution >= 0.6 is 0 Å². The van der Waals surface area contributed by atoms with Crippen LogP contribution in [0, 0.1) is 19.3 Å². The Morgan fingerprint density at radius 3 is 2.42 bits per heavy atom. The fourth-order valence-corrected chi connectivity index (χ4v) is 2.93. The first kappa shape index (κ1) is 23.7. The van der Waals surface area contributed by atoms with Crippen molar-refractivity contribution >= 4 is 23.7 Å². The topological polar surface area (TPSA) is 74.9 Å². The highest BCUT2D eigenvalue weighted by molar-refractivity contribution is 6.18. The SMILES string of the molecule is C#CCOC(=O)OCO/C(=C(/C=NC)c1ccc(C(C)(C)C)cc1)c1cc(C)nn1C. The molecule has 31 heavy (non-hydrogen) atoms. The van der Waals surface area contributed by atoms with Gasteiger partial charge in [-0.2, -0.15) is 5.10 Å². The standard InChI is InChI=1S/C24H29N3O4/c1-8-13-29-23(28)31-16-30-22(21-14-17(2)26-27(21)7)20(15-25-6)18-9-11-19(12-10-18)24(3,4)5/h1,9-12,14-15H,13,16H2,2-7H3/b22-20-,25-15?. The monoisotopic (exact) mass is 423 g/mol. The van der Waals surface area contributed by atoms with Crippen LogP contribution in [0.4, 0.5) is 4.79 Å². The van der Waals surface area contributed by atoms with Crippen LogP contribution in [0.2, 0.25) is 0 Å². The van der Waals surface area contributed by atoms with Gasteiger partial charge in [0.25, 0.3) is 0 Å². The molecule has 1 aromatic carbocycles. The van der Waals surface area contributed by atoms with Crippen LogP contribution in [0.3, 0.4) is 0 Å². The quantitative estimate of drug-likeness (QED) is 0.218. The van der Waals surface area contributed by atoms with Crippen molar-refractivity contribution in [1.82, 2.24) is 9.78 Å². The molecule has 0 spiro atoms. The van der Waals surface area contributed by atoms with Crippen molar-refractivity contribution < 1.29 is 19.0 Å². The van der Waals surface area contributed by atoms with E-state index in [2.05, 4.69) is 48.9 Å². The number of rotatable bonds is 7. The lowest BCUT2D eigenvalue weighted by atomic mass is 9.86. The summed E-state index contributed by atoms with van der Waals surface area (Å²) in [5.41, 5.74) is 4.42. The number of aliphatic imine (C=N–C) groups is 1. The number of carbonyl (C=O) groups is 1. The third kappa shape index (κ3) is 6.48. The minimum absolute atomic E-state index is 0.0340. The van der Waals surface area contributed by atoms with Gasteiger partial charge in [-0.05, 0) is 29.5 Å². The van der Waals surface area contributed by atoms with Gasteiger partial charge in [0.15, 0.2) is 12.4 Å². The zero-order valence-corrected chi connectivity index (χ0v) is 18.9. The Morgan fingerprint density at radius 1 is 1.23 bits per heavy atom. The maximum Gasteiger partial charge on any atom is 0.512 e. The Morgan fingerprint density at radius 2 is 1.90 bits per heavy atom. The van der Waals surface area contributed by atoms with Crippen LogP contribution in [-0.2, 0) is 26.7 Å².